The second-order valence-corrected chi connectivity index (χ2v) is 9.43. The Morgan fingerprint density at radius 1 is 0.952 bits per heavy atom. The second kappa shape index (κ2) is 5.73. The number of hydrogen-bond donors (Lipinski definition) is 0. The van der Waals surface area contributed by atoms with E-state index in [1.54, 1.807) is 12.1 Å². The summed E-state index contributed by atoms with van der Waals surface area (Å²) in [7, 11) is -3.54. The highest BCUT2D eigenvalue weighted by Crippen LogP contribution is 2.29. The quantitative estimate of drug-likeness (QED) is 0.612. The van der Waals surface area contributed by atoms with Crippen LogP contribution in [0.5, 0.6) is 0 Å². The van der Waals surface area contributed by atoms with E-state index in [0.717, 1.165) is 17.4 Å². The maximum absolute atomic E-state index is 12.3. The van der Waals surface area contributed by atoms with Gasteiger partial charge in [-0.05, 0) is 18.1 Å². The van der Waals surface area contributed by atoms with E-state index in [-0.39, 0.29) is 0 Å². The van der Waals surface area contributed by atoms with Gasteiger partial charge in [-0.25, -0.2) is 8.42 Å². The minimum atomic E-state index is -3.54. The first kappa shape index (κ1) is 15.9. The molecule has 0 aliphatic heterocycles. The molecule has 0 aliphatic rings. The number of benzene rings is 2. The molecule has 21 heavy (non-hydrogen) atoms. The third-order valence-electron chi connectivity index (χ3n) is 3.36. The number of carbonyl (C=O) groups excluding carboxylic acids is 1. The van der Waals surface area contributed by atoms with E-state index in [9.17, 15) is 13.2 Å². The Labute approximate surface area is 133 Å². The Morgan fingerprint density at radius 3 is 1.90 bits per heavy atom. The van der Waals surface area contributed by atoms with Crippen LogP contribution in [0, 0.1) is 0 Å². The average Bonchev–Trinajstić information content (AvgIpc) is 2.46. The Bertz CT molecular complexity index is 748. The fraction of sp³-hybridized carbons (Fsp3) is 0.188. The van der Waals surface area contributed by atoms with Crippen LogP contribution in [0.25, 0.3) is 11.1 Å². The predicted molar refractivity (Wildman–Crippen MR) is 88.4 cm³/mol. The van der Waals surface area contributed by atoms with E-state index in [0.29, 0.717) is 5.56 Å². The van der Waals surface area contributed by atoms with Gasteiger partial charge in [0.15, 0.2) is 19.3 Å². The maximum atomic E-state index is 12.3. The maximum Gasteiger partial charge on any atom is 0.194 e. The van der Waals surface area contributed by atoms with Crippen molar-refractivity contribution in [3.8, 4) is 11.1 Å². The van der Waals surface area contributed by atoms with Crippen molar-refractivity contribution in [3.05, 3.63) is 60.2 Å². The predicted octanol–water partition coefficient (Wildman–Crippen LogP) is 3.69. The summed E-state index contributed by atoms with van der Waals surface area (Å²) in [6, 6.07) is 16.7. The van der Waals surface area contributed by atoms with Crippen molar-refractivity contribution < 1.29 is 13.2 Å². The van der Waals surface area contributed by atoms with Crippen LogP contribution < -0.4 is 0 Å². The molecule has 0 amide bonds. The number of sulfone groups is 1. The van der Waals surface area contributed by atoms with Gasteiger partial charge in [-0.3, -0.25) is 4.79 Å². The van der Waals surface area contributed by atoms with E-state index in [1.807, 2.05) is 42.5 Å². The van der Waals surface area contributed by atoms with Gasteiger partial charge in [0.25, 0.3) is 0 Å². The Hall–Kier alpha value is -1.46. The van der Waals surface area contributed by atoms with Crippen molar-refractivity contribution in [1.29, 1.82) is 0 Å². The van der Waals surface area contributed by atoms with Crippen LogP contribution >= 0.6 is 15.9 Å². The largest absolute Gasteiger partial charge is 0.291 e. The Morgan fingerprint density at radius 2 is 1.43 bits per heavy atom. The van der Waals surface area contributed by atoms with Crippen LogP contribution in [0.1, 0.15) is 17.3 Å². The minimum Gasteiger partial charge on any atom is -0.291 e. The van der Waals surface area contributed by atoms with Gasteiger partial charge >= 0.3 is 0 Å². The lowest BCUT2D eigenvalue weighted by Crippen LogP contribution is -2.36. The zero-order valence-corrected chi connectivity index (χ0v) is 14.1. The minimum absolute atomic E-state index is 0.361. The number of hydrogen-bond acceptors (Lipinski definition) is 3. The van der Waals surface area contributed by atoms with E-state index < -0.39 is 19.3 Å². The van der Waals surface area contributed by atoms with Crippen molar-refractivity contribution in [2.75, 3.05) is 6.26 Å². The molecule has 0 saturated heterocycles. The molecule has 110 valence electrons. The summed E-state index contributed by atoms with van der Waals surface area (Å²) >= 11 is 3.03. The SMILES string of the molecule is C[C@](Br)(C(=O)c1ccc(-c2ccccc2)cc1)S(C)(=O)=O. The van der Waals surface area contributed by atoms with Crippen molar-refractivity contribution in [2.45, 2.75) is 10.6 Å². The molecule has 0 unspecified atom stereocenters. The summed E-state index contributed by atoms with van der Waals surface area (Å²) in [4.78, 5) is 12.3. The normalized spacial score (nSPS) is 14.4. The van der Waals surface area contributed by atoms with Crippen molar-refractivity contribution in [1.82, 2.24) is 0 Å². The lowest BCUT2D eigenvalue weighted by atomic mass is 10.0. The third kappa shape index (κ3) is 3.24. The zero-order valence-electron chi connectivity index (χ0n) is 11.7. The molecule has 5 heteroatoms. The zero-order chi connectivity index (χ0) is 15.7. The second-order valence-electron chi connectivity index (χ2n) is 4.96. The van der Waals surface area contributed by atoms with Gasteiger partial charge in [-0.2, -0.15) is 0 Å². The molecular formula is C16H15BrO3S. The molecule has 0 fully saturated rings. The van der Waals surface area contributed by atoms with Crippen LogP contribution in [0.2, 0.25) is 0 Å². The van der Waals surface area contributed by atoms with Crippen LogP contribution in [0.15, 0.2) is 54.6 Å². The highest BCUT2D eigenvalue weighted by Gasteiger charge is 2.41. The first-order valence-electron chi connectivity index (χ1n) is 6.32. The number of alkyl halides is 1. The molecule has 2 aromatic carbocycles. The molecule has 0 bridgehead atoms. The summed E-state index contributed by atoms with van der Waals surface area (Å²) in [6.07, 6.45) is 1.04. The standard InChI is InChI=1S/C16H15BrO3S/c1-16(17,21(2,19)20)15(18)14-10-8-13(9-11-14)12-6-4-3-5-7-12/h3-11H,1-2H3/t16-/m1/s1. The lowest BCUT2D eigenvalue weighted by molar-refractivity contribution is 0.0983. The van der Waals surface area contributed by atoms with Crippen molar-refractivity contribution >= 4 is 31.6 Å². The van der Waals surface area contributed by atoms with Gasteiger partial charge in [0, 0.05) is 11.8 Å². The molecule has 0 saturated carbocycles. The van der Waals surface area contributed by atoms with Gasteiger partial charge in [0.05, 0.1) is 0 Å². The number of rotatable bonds is 4. The van der Waals surface area contributed by atoms with E-state index in [4.69, 9.17) is 0 Å². The van der Waals surface area contributed by atoms with Crippen LogP contribution in [0.4, 0.5) is 0 Å². The molecule has 0 radical (unpaired) electrons. The molecule has 0 N–H and O–H groups in total. The Balaban J connectivity index is 2.34. The molecule has 0 spiro atoms. The van der Waals surface area contributed by atoms with Crippen LogP contribution in [0.3, 0.4) is 0 Å². The van der Waals surface area contributed by atoms with Crippen molar-refractivity contribution in [3.63, 3.8) is 0 Å². The highest BCUT2D eigenvalue weighted by atomic mass is 79.9. The van der Waals surface area contributed by atoms with Gasteiger partial charge in [0.1, 0.15) is 0 Å². The van der Waals surface area contributed by atoms with Gasteiger partial charge in [-0.1, -0.05) is 70.5 Å². The van der Waals surface area contributed by atoms with E-state index in [2.05, 4.69) is 15.9 Å². The fourth-order valence-electron chi connectivity index (χ4n) is 1.87. The van der Waals surface area contributed by atoms with Crippen molar-refractivity contribution in [2.24, 2.45) is 0 Å². The highest BCUT2D eigenvalue weighted by molar-refractivity contribution is 9.12. The third-order valence-corrected chi connectivity index (χ3v) is 7.06. The average molecular weight is 367 g/mol. The Kier molecular flexibility index (Phi) is 4.35. The molecule has 0 aromatic heterocycles. The first-order valence-corrected chi connectivity index (χ1v) is 9.01. The summed E-state index contributed by atoms with van der Waals surface area (Å²) < 4.78 is 21.8. The number of ketones is 1. The van der Waals surface area contributed by atoms with E-state index >= 15 is 0 Å². The van der Waals surface area contributed by atoms with Crippen LogP contribution in [-0.4, -0.2) is 24.1 Å². The number of halogens is 1. The molecule has 0 aliphatic carbocycles. The first-order chi connectivity index (χ1) is 9.73. The summed E-state index contributed by atoms with van der Waals surface area (Å²) in [5.74, 6) is -0.468. The number of carbonyl (C=O) groups is 1. The topological polar surface area (TPSA) is 51.2 Å². The molecule has 1 atom stereocenters. The fourth-order valence-corrected chi connectivity index (χ4v) is 2.55. The molecule has 3 nitrogen and oxygen atoms in total. The van der Waals surface area contributed by atoms with Crippen LogP contribution in [-0.2, 0) is 9.84 Å². The van der Waals surface area contributed by atoms with Gasteiger partial charge < -0.3 is 0 Å². The summed E-state index contributed by atoms with van der Waals surface area (Å²) in [5, 5.41) is 0. The molecule has 2 aromatic rings. The smallest absolute Gasteiger partial charge is 0.194 e. The molecular weight excluding hydrogens is 352 g/mol. The number of Topliss-reactive ketones (excluding diaryl/α,β-unsaturated/α-hetero) is 1. The lowest BCUT2D eigenvalue weighted by Gasteiger charge is -2.18. The summed E-state index contributed by atoms with van der Waals surface area (Å²) in [6.45, 7) is 1.36. The molecule has 0 heterocycles. The van der Waals surface area contributed by atoms with Gasteiger partial charge in [0.2, 0.25) is 0 Å². The molecule has 2 rings (SSSR count). The van der Waals surface area contributed by atoms with Gasteiger partial charge in [-0.15, -0.1) is 0 Å². The monoisotopic (exact) mass is 366 g/mol. The van der Waals surface area contributed by atoms with E-state index in [1.165, 1.54) is 6.92 Å². The summed E-state index contributed by atoms with van der Waals surface area (Å²) in [5.41, 5.74) is 2.38.